The predicted molar refractivity (Wildman–Crippen MR) is 88.3 cm³/mol. The number of hydrogen-bond donors (Lipinski definition) is 1. The standard InChI is InChI=1S/C17H13BrO5/c1-21-15-8-11(3-5-14(15)20)13(19)4-2-10-6-12(18)17-16(7-10)22-9-23-17/h2-8,20H,9H2,1H3/b4-2+. The van der Waals surface area contributed by atoms with Crippen LogP contribution in [-0.4, -0.2) is 24.8 Å². The van der Waals surface area contributed by atoms with Crippen LogP contribution in [-0.2, 0) is 0 Å². The van der Waals surface area contributed by atoms with Gasteiger partial charge in [-0.05, 0) is 57.9 Å². The maximum atomic E-state index is 12.2. The Hall–Kier alpha value is -2.47. The van der Waals surface area contributed by atoms with Gasteiger partial charge in [-0.1, -0.05) is 6.08 Å². The van der Waals surface area contributed by atoms with E-state index >= 15 is 0 Å². The average molecular weight is 377 g/mol. The minimum atomic E-state index is -0.197. The van der Waals surface area contributed by atoms with Crippen LogP contribution in [0.2, 0.25) is 0 Å². The minimum absolute atomic E-state index is 0.00673. The number of ether oxygens (including phenoxy) is 3. The van der Waals surface area contributed by atoms with Gasteiger partial charge in [0.1, 0.15) is 0 Å². The Balaban J connectivity index is 1.83. The highest BCUT2D eigenvalue weighted by Gasteiger charge is 2.17. The largest absolute Gasteiger partial charge is 0.504 e. The molecule has 1 aliphatic rings. The van der Waals surface area contributed by atoms with E-state index in [0.29, 0.717) is 17.1 Å². The van der Waals surface area contributed by atoms with Crippen molar-refractivity contribution in [2.75, 3.05) is 13.9 Å². The van der Waals surface area contributed by atoms with E-state index in [9.17, 15) is 9.90 Å². The third kappa shape index (κ3) is 3.17. The molecule has 1 heterocycles. The Kier molecular flexibility index (Phi) is 4.25. The molecule has 5 nitrogen and oxygen atoms in total. The summed E-state index contributed by atoms with van der Waals surface area (Å²) < 4.78 is 16.4. The van der Waals surface area contributed by atoms with Gasteiger partial charge >= 0.3 is 0 Å². The fourth-order valence-electron chi connectivity index (χ4n) is 2.18. The van der Waals surface area contributed by atoms with E-state index in [1.807, 2.05) is 6.07 Å². The Morgan fingerprint density at radius 3 is 2.91 bits per heavy atom. The van der Waals surface area contributed by atoms with Gasteiger partial charge in [0.2, 0.25) is 6.79 Å². The number of fused-ring (bicyclic) bond motifs is 1. The molecule has 0 aromatic heterocycles. The van der Waals surface area contributed by atoms with Gasteiger partial charge in [0.25, 0.3) is 0 Å². The fraction of sp³-hybridized carbons (Fsp3) is 0.118. The van der Waals surface area contributed by atoms with Crippen LogP contribution in [0.15, 0.2) is 40.9 Å². The van der Waals surface area contributed by atoms with Crippen LogP contribution in [0.3, 0.4) is 0 Å². The van der Waals surface area contributed by atoms with Gasteiger partial charge in [-0.15, -0.1) is 0 Å². The van der Waals surface area contributed by atoms with Crippen molar-refractivity contribution in [1.29, 1.82) is 0 Å². The number of hydrogen-bond acceptors (Lipinski definition) is 5. The number of phenolic OH excluding ortho intramolecular Hbond substituents is 1. The molecule has 0 fully saturated rings. The zero-order valence-corrected chi connectivity index (χ0v) is 13.8. The van der Waals surface area contributed by atoms with E-state index in [0.717, 1.165) is 10.0 Å². The van der Waals surface area contributed by atoms with Gasteiger partial charge < -0.3 is 19.3 Å². The molecule has 0 radical (unpaired) electrons. The SMILES string of the molecule is COc1cc(C(=O)/C=C/c2cc(Br)c3c(c2)OCO3)ccc1O. The first-order valence-electron chi connectivity index (χ1n) is 6.77. The Morgan fingerprint density at radius 2 is 2.13 bits per heavy atom. The first-order chi connectivity index (χ1) is 11.1. The summed E-state index contributed by atoms with van der Waals surface area (Å²) in [5.41, 5.74) is 1.23. The molecule has 6 heteroatoms. The lowest BCUT2D eigenvalue weighted by Crippen LogP contribution is -1.95. The highest BCUT2D eigenvalue weighted by atomic mass is 79.9. The second-order valence-electron chi connectivity index (χ2n) is 4.82. The predicted octanol–water partition coefficient (Wildman–Crippen LogP) is 3.79. The highest BCUT2D eigenvalue weighted by Crippen LogP contribution is 2.40. The average Bonchev–Trinajstić information content (AvgIpc) is 3.02. The third-order valence-electron chi connectivity index (χ3n) is 3.34. The number of methoxy groups -OCH3 is 1. The number of benzene rings is 2. The minimum Gasteiger partial charge on any atom is -0.504 e. The molecular formula is C17H13BrO5. The molecule has 3 rings (SSSR count). The zero-order valence-electron chi connectivity index (χ0n) is 12.2. The molecule has 0 aliphatic carbocycles. The van der Waals surface area contributed by atoms with E-state index in [-0.39, 0.29) is 24.1 Å². The Bertz CT molecular complexity index is 798. The molecule has 2 aromatic rings. The van der Waals surface area contributed by atoms with Gasteiger partial charge in [-0.2, -0.15) is 0 Å². The zero-order chi connectivity index (χ0) is 16.4. The van der Waals surface area contributed by atoms with Crippen LogP contribution in [0, 0.1) is 0 Å². The summed E-state index contributed by atoms with van der Waals surface area (Å²) >= 11 is 3.41. The number of aromatic hydroxyl groups is 1. The van der Waals surface area contributed by atoms with Crippen LogP contribution in [0.5, 0.6) is 23.0 Å². The smallest absolute Gasteiger partial charge is 0.231 e. The summed E-state index contributed by atoms with van der Waals surface area (Å²) in [5.74, 6) is 1.36. The molecule has 23 heavy (non-hydrogen) atoms. The molecule has 1 N–H and O–H groups in total. The number of carbonyl (C=O) groups is 1. The second-order valence-corrected chi connectivity index (χ2v) is 5.68. The molecular weight excluding hydrogens is 364 g/mol. The van der Waals surface area contributed by atoms with Crippen LogP contribution >= 0.6 is 15.9 Å². The Morgan fingerprint density at radius 1 is 1.30 bits per heavy atom. The molecule has 0 saturated carbocycles. The maximum absolute atomic E-state index is 12.2. The molecule has 0 spiro atoms. The topological polar surface area (TPSA) is 65.0 Å². The normalized spacial score (nSPS) is 12.6. The summed E-state index contributed by atoms with van der Waals surface area (Å²) in [7, 11) is 1.43. The summed E-state index contributed by atoms with van der Waals surface area (Å²) in [4.78, 5) is 12.2. The van der Waals surface area contributed by atoms with Crippen molar-refractivity contribution in [3.05, 3.63) is 52.0 Å². The van der Waals surface area contributed by atoms with Crippen molar-refractivity contribution in [1.82, 2.24) is 0 Å². The number of rotatable bonds is 4. The maximum Gasteiger partial charge on any atom is 0.231 e. The lowest BCUT2D eigenvalue weighted by atomic mass is 10.1. The summed E-state index contributed by atoms with van der Waals surface area (Å²) in [6.07, 6.45) is 3.14. The molecule has 1 aliphatic heterocycles. The van der Waals surface area contributed by atoms with E-state index in [4.69, 9.17) is 14.2 Å². The quantitative estimate of drug-likeness (QED) is 0.649. The van der Waals surface area contributed by atoms with Crippen LogP contribution in [0.25, 0.3) is 6.08 Å². The van der Waals surface area contributed by atoms with Crippen molar-refractivity contribution >= 4 is 27.8 Å². The van der Waals surface area contributed by atoms with E-state index in [2.05, 4.69) is 15.9 Å². The van der Waals surface area contributed by atoms with Crippen molar-refractivity contribution in [3.63, 3.8) is 0 Å². The van der Waals surface area contributed by atoms with Crippen LogP contribution in [0.1, 0.15) is 15.9 Å². The first kappa shape index (κ1) is 15.4. The number of allylic oxidation sites excluding steroid dienone is 1. The fourth-order valence-corrected chi connectivity index (χ4v) is 2.76. The van der Waals surface area contributed by atoms with Gasteiger partial charge in [0, 0.05) is 5.56 Å². The molecule has 118 valence electrons. The van der Waals surface area contributed by atoms with Crippen molar-refractivity contribution in [2.45, 2.75) is 0 Å². The molecule has 0 unspecified atom stereocenters. The molecule has 0 atom stereocenters. The lowest BCUT2D eigenvalue weighted by molar-refractivity contribution is 0.104. The lowest BCUT2D eigenvalue weighted by Gasteiger charge is -2.04. The molecule has 0 amide bonds. The summed E-state index contributed by atoms with van der Waals surface area (Å²) in [5, 5.41) is 9.56. The van der Waals surface area contributed by atoms with Crippen LogP contribution < -0.4 is 14.2 Å². The van der Waals surface area contributed by atoms with Crippen LogP contribution in [0.4, 0.5) is 0 Å². The Labute approximate surface area is 141 Å². The number of carbonyl (C=O) groups excluding carboxylic acids is 1. The highest BCUT2D eigenvalue weighted by molar-refractivity contribution is 9.10. The van der Waals surface area contributed by atoms with Crippen molar-refractivity contribution in [2.24, 2.45) is 0 Å². The van der Waals surface area contributed by atoms with Gasteiger partial charge in [0.15, 0.2) is 28.8 Å². The number of halogens is 1. The van der Waals surface area contributed by atoms with Gasteiger partial charge in [-0.3, -0.25) is 4.79 Å². The van der Waals surface area contributed by atoms with Gasteiger partial charge in [-0.25, -0.2) is 0 Å². The number of ketones is 1. The van der Waals surface area contributed by atoms with Gasteiger partial charge in [0.05, 0.1) is 11.6 Å². The van der Waals surface area contributed by atoms with Crippen molar-refractivity contribution < 1.29 is 24.1 Å². The monoisotopic (exact) mass is 376 g/mol. The first-order valence-corrected chi connectivity index (χ1v) is 7.56. The molecule has 0 saturated heterocycles. The molecule has 0 bridgehead atoms. The second kappa shape index (κ2) is 6.34. The summed E-state index contributed by atoms with van der Waals surface area (Å²) in [6, 6.07) is 8.11. The summed E-state index contributed by atoms with van der Waals surface area (Å²) in [6.45, 7) is 0.188. The third-order valence-corrected chi connectivity index (χ3v) is 3.93. The van der Waals surface area contributed by atoms with Crippen molar-refractivity contribution in [3.8, 4) is 23.0 Å². The number of phenols is 1. The van der Waals surface area contributed by atoms with E-state index < -0.39 is 0 Å². The van der Waals surface area contributed by atoms with E-state index in [1.54, 1.807) is 18.2 Å². The molecule has 2 aromatic carbocycles. The van der Waals surface area contributed by atoms with E-state index in [1.165, 1.54) is 25.3 Å².